The molecule has 0 radical (unpaired) electrons. The molecule has 0 bridgehead atoms. The summed E-state index contributed by atoms with van der Waals surface area (Å²) in [4.78, 5) is 0. The lowest BCUT2D eigenvalue weighted by atomic mass is 10.2. The van der Waals surface area contributed by atoms with Crippen LogP contribution in [0.3, 0.4) is 0 Å². The Labute approximate surface area is 86.5 Å². The lowest BCUT2D eigenvalue weighted by Crippen LogP contribution is -2.29. The van der Waals surface area contributed by atoms with E-state index in [4.69, 9.17) is 0 Å². The monoisotopic (exact) mass is 195 g/mol. The standard InChI is InChI=1S/C11H21N3/c1-5-9(2)12-6-7-14-11(4)8-10(3)13-14/h8-9,12H,5-7H2,1-4H3. The van der Waals surface area contributed by atoms with Crippen LogP contribution >= 0.6 is 0 Å². The molecule has 14 heavy (non-hydrogen) atoms. The number of rotatable bonds is 5. The Kier molecular flexibility index (Phi) is 4.14. The molecule has 0 saturated carbocycles. The lowest BCUT2D eigenvalue weighted by Gasteiger charge is -2.11. The molecule has 0 fully saturated rings. The predicted molar refractivity (Wildman–Crippen MR) is 59.5 cm³/mol. The molecular formula is C11H21N3. The highest BCUT2D eigenvalue weighted by atomic mass is 15.3. The summed E-state index contributed by atoms with van der Waals surface area (Å²) in [6, 6.07) is 2.72. The number of aromatic nitrogens is 2. The minimum absolute atomic E-state index is 0.604. The van der Waals surface area contributed by atoms with Crippen LogP contribution in [0.25, 0.3) is 0 Å². The van der Waals surface area contributed by atoms with Gasteiger partial charge in [0.2, 0.25) is 0 Å². The van der Waals surface area contributed by atoms with Crippen molar-refractivity contribution in [3.05, 3.63) is 17.5 Å². The van der Waals surface area contributed by atoms with Gasteiger partial charge in [0.25, 0.3) is 0 Å². The van der Waals surface area contributed by atoms with Crippen molar-refractivity contribution in [1.29, 1.82) is 0 Å². The van der Waals surface area contributed by atoms with Crippen molar-refractivity contribution >= 4 is 0 Å². The van der Waals surface area contributed by atoms with Gasteiger partial charge in [0.1, 0.15) is 0 Å². The molecule has 1 heterocycles. The zero-order chi connectivity index (χ0) is 10.6. The fraction of sp³-hybridized carbons (Fsp3) is 0.727. The molecule has 1 aromatic heterocycles. The van der Waals surface area contributed by atoms with Gasteiger partial charge in [-0.05, 0) is 33.3 Å². The minimum Gasteiger partial charge on any atom is -0.312 e. The predicted octanol–water partition coefficient (Wildman–Crippen LogP) is 1.89. The zero-order valence-electron chi connectivity index (χ0n) is 9.67. The highest BCUT2D eigenvalue weighted by Gasteiger charge is 2.01. The maximum absolute atomic E-state index is 4.41. The summed E-state index contributed by atoms with van der Waals surface area (Å²) in [5.74, 6) is 0. The summed E-state index contributed by atoms with van der Waals surface area (Å²) >= 11 is 0. The highest BCUT2D eigenvalue weighted by molar-refractivity contribution is 5.06. The van der Waals surface area contributed by atoms with Crippen molar-refractivity contribution in [2.75, 3.05) is 6.54 Å². The molecule has 80 valence electrons. The van der Waals surface area contributed by atoms with Gasteiger partial charge in [0.15, 0.2) is 0 Å². The smallest absolute Gasteiger partial charge is 0.0596 e. The summed E-state index contributed by atoms with van der Waals surface area (Å²) in [6.07, 6.45) is 1.18. The normalized spacial score (nSPS) is 13.1. The molecule has 3 heteroatoms. The third-order valence-electron chi connectivity index (χ3n) is 2.53. The molecule has 1 rings (SSSR count). The van der Waals surface area contributed by atoms with E-state index in [0.29, 0.717) is 6.04 Å². The SMILES string of the molecule is CCC(C)NCCn1nc(C)cc1C. The van der Waals surface area contributed by atoms with Gasteiger partial charge in [0, 0.05) is 18.3 Å². The Hall–Kier alpha value is -0.830. The van der Waals surface area contributed by atoms with Crippen LogP contribution in [0.1, 0.15) is 31.7 Å². The minimum atomic E-state index is 0.604. The van der Waals surface area contributed by atoms with Gasteiger partial charge in [-0.3, -0.25) is 4.68 Å². The Bertz CT molecular complexity index is 278. The van der Waals surface area contributed by atoms with E-state index in [2.05, 4.69) is 41.9 Å². The molecule has 3 nitrogen and oxygen atoms in total. The summed E-state index contributed by atoms with van der Waals surface area (Å²) in [7, 11) is 0. The first-order valence-corrected chi connectivity index (χ1v) is 5.38. The Morgan fingerprint density at radius 1 is 1.50 bits per heavy atom. The van der Waals surface area contributed by atoms with Gasteiger partial charge in [-0.1, -0.05) is 6.92 Å². The van der Waals surface area contributed by atoms with E-state index in [-0.39, 0.29) is 0 Å². The van der Waals surface area contributed by atoms with Crippen LogP contribution in [0.2, 0.25) is 0 Å². The average Bonchev–Trinajstić information content (AvgIpc) is 2.45. The molecule has 1 unspecified atom stereocenters. The Balaban J connectivity index is 2.34. The van der Waals surface area contributed by atoms with E-state index in [1.807, 2.05) is 6.92 Å². The van der Waals surface area contributed by atoms with Crippen molar-refractivity contribution in [3.8, 4) is 0 Å². The average molecular weight is 195 g/mol. The maximum Gasteiger partial charge on any atom is 0.0596 e. The van der Waals surface area contributed by atoms with Gasteiger partial charge in [-0.25, -0.2) is 0 Å². The van der Waals surface area contributed by atoms with Crippen molar-refractivity contribution in [2.24, 2.45) is 0 Å². The van der Waals surface area contributed by atoms with E-state index >= 15 is 0 Å². The molecular weight excluding hydrogens is 174 g/mol. The van der Waals surface area contributed by atoms with Crippen LogP contribution < -0.4 is 5.32 Å². The summed E-state index contributed by atoms with van der Waals surface area (Å²) in [6.45, 7) is 10.5. The summed E-state index contributed by atoms with van der Waals surface area (Å²) < 4.78 is 2.06. The molecule has 0 amide bonds. The molecule has 0 saturated heterocycles. The topological polar surface area (TPSA) is 29.9 Å². The van der Waals surface area contributed by atoms with E-state index in [1.54, 1.807) is 0 Å². The Morgan fingerprint density at radius 3 is 2.71 bits per heavy atom. The van der Waals surface area contributed by atoms with Gasteiger partial charge >= 0.3 is 0 Å². The molecule has 0 aliphatic heterocycles. The van der Waals surface area contributed by atoms with Gasteiger partial charge in [-0.15, -0.1) is 0 Å². The summed E-state index contributed by atoms with van der Waals surface area (Å²) in [5.41, 5.74) is 2.35. The van der Waals surface area contributed by atoms with Crippen molar-refractivity contribution < 1.29 is 0 Å². The number of nitrogens with zero attached hydrogens (tertiary/aromatic N) is 2. The van der Waals surface area contributed by atoms with Gasteiger partial charge in [0.05, 0.1) is 12.2 Å². The lowest BCUT2D eigenvalue weighted by molar-refractivity contribution is 0.482. The maximum atomic E-state index is 4.41. The van der Waals surface area contributed by atoms with Crippen molar-refractivity contribution in [3.63, 3.8) is 0 Å². The second-order valence-electron chi connectivity index (χ2n) is 3.91. The molecule has 0 aromatic carbocycles. The van der Waals surface area contributed by atoms with Crippen molar-refractivity contribution in [2.45, 2.75) is 46.7 Å². The number of aryl methyl sites for hydroxylation is 2. The number of hydrogen-bond acceptors (Lipinski definition) is 2. The highest BCUT2D eigenvalue weighted by Crippen LogP contribution is 2.00. The van der Waals surface area contributed by atoms with Crippen molar-refractivity contribution in [1.82, 2.24) is 15.1 Å². The molecule has 0 aliphatic rings. The van der Waals surface area contributed by atoms with E-state index in [9.17, 15) is 0 Å². The van der Waals surface area contributed by atoms with Crippen LogP contribution in [-0.2, 0) is 6.54 Å². The molecule has 0 spiro atoms. The third kappa shape index (κ3) is 3.14. The van der Waals surface area contributed by atoms with E-state index < -0.39 is 0 Å². The van der Waals surface area contributed by atoms with Crippen LogP contribution in [0.5, 0.6) is 0 Å². The second-order valence-corrected chi connectivity index (χ2v) is 3.91. The van der Waals surface area contributed by atoms with Crippen LogP contribution in [-0.4, -0.2) is 22.4 Å². The zero-order valence-corrected chi connectivity index (χ0v) is 9.67. The van der Waals surface area contributed by atoms with Gasteiger partial charge in [-0.2, -0.15) is 5.10 Å². The van der Waals surface area contributed by atoms with Crippen LogP contribution in [0, 0.1) is 13.8 Å². The largest absolute Gasteiger partial charge is 0.312 e. The van der Waals surface area contributed by atoms with Gasteiger partial charge < -0.3 is 5.32 Å². The van der Waals surface area contributed by atoms with E-state index in [0.717, 1.165) is 18.8 Å². The number of nitrogens with one attached hydrogen (secondary N) is 1. The third-order valence-corrected chi connectivity index (χ3v) is 2.53. The molecule has 0 aliphatic carbocycles. The van der Waals surface area contributed by atoms with Crippen LogP contribution in [0.15, 0.2) is 6.07 Å². The fourth-order valence-corrected chi connectivity index (χ4v) is 1.46. The molecule has 1 N–H and O–H groups in total. The molecule has 1 atom stereocenters. The summed E-state index contributed by atoms with van der Waals surface area (Å²) in [5, 5.41) is 7.87. The van der Waals surface area contributed by atoms with E-state index in [1.165, 1.54) is 12.1 Å². The molecule has 1 aromatic rings. The first kappa shape index (κ1) is 11.2. The quantitative estimate of drug-likeness (QED) is 0.777. The fourth-order valence-electron chi connectivity index (χ4n) is 1.46. The first-order valence-electron chi connectivity index (χ1n) is 5.38. The van der Waals surface area contributed by atoms with Crippen LogP contribution in [0.4, 0.5) is 0 Å². The first-order chi connectivity index (χ1) is 6.63. The second kappa shape index (κ2) is 5.15. The Morgan fingerprint density at radius 2 is 2.21 bits per heavy atom. The number of hydrogen-bond donors (Lipinski definition) is 1.